The zero-order chi connectivity index (χ0) is 68.3. The molecule has 0 saturated carbocycles. The maximum Gasteiger partial charge on any atom is 0.306 e. The first-order chi connectivity index (χ1) is 46.0. The Balaban J connectivity index is 3.92. The van der Waals surface area contributed by atoms with Crippen LogP contribution >= 0.6 is 7.82 Å². The molecule has 548 valence electrons. The zero-order valence-electron chi connectivity index (χ0n) is 62.7. The number of carbonyl (C=O) groups excluding carboxylic acids is 2. The fourth-order valence-electron chi connectivity index (χ4n) is 11.8. The van der Waals surface area contributed by atoms with E-state index in [2.05, 4.69) is 98.9 Å². The number of allylic oxidation sites excluding steroid dienone is 14. The van der Waals surface area contributed by atoms with Crippen molar-refractivity contribution in [2.45, 2.75) is 392 Å². The molecule has 0 rings (SSSR count). The van der Waals surface area contributed by atoms with E-state index < -0.39 is 26.5 Å². The second kappa shape index (κ2) is 74.4. The van der Waals surface area contributed by atoms with Crippen molar-refractivity contribution in [1.82, 2.24) is 0 Å². The van der Waals surface area contributed by atoms with Crippen molar-refractivity contribution in [3.05, 3.63) is 85.1 Å². The predicted molar refractivity (Wildman–Crippen MR) is 406 cm³/mol. The van der Waals surface area contributed by atoms with Crippen molar-refractivity contribution in [2.24, 2.45) is 0 Å². The molecule has 10 heteroatoms. The maximum absolute atomic E-state index is 12.9. The van der Waals surface area contributed by atoms with E-state index in [9.17, 15) is 19.0 Å². The molecule has 0 bridgehead atoms. The molecule has 9 nitrogen and oxygen atoms in total. The lowest BCUT2D eigenvalue weighted by Crippen LogP contribution is -2.37. The number of ether oxygens (including phenoxy) is 2. The molecule has 0 spiro atoms. The van der Waals surface area contributed by atoms with Crippen LogP contribution in [0, 0.1) is 0 Å². The quantitative estimate of drug-likeness (QED) is 0.0195. The Kier molecular flexibility index (Phi) is 72.2. The molecular formula is C84H154NO8P. The van der Waals surface area contributed by atoms with Crippen molar-refractivity contribution >= 4 is 19.8 Å². The standard InChI is InChI=1S/C84H154NO8P/c1-6-8-10-12-14-16-18-20-22-24-26-28-30-32-34-36-38-40-41-42-43-45-47-49-51-53-55-57-59-61-63-65-67-69-71-73-75-77-84(87)93-82(81-92-94(88,89)91-79-78-85(3,4)5)80-90-83(86)76-74-72-70-68-66-64-62-60-58-56-54-52-50-48-46-44-39-37-35-33-31-29-27-25-23-21-19-17-15-13-11-9-7-2/h8,10,14,16,19-22,25-28,31,33,82H,6-7,9,11-13,15,17-18,23-24,29-30,32,34-81H2,1-5H3/b10-8-,16-14-,21-19-,22-20-,27-25-,28-26-,33-31-. The maximum atomic E-state index is 12.9. The van der Waals surface area contributed by atoms with E-state index in [0.29, 0.717) is 17.4 Å². The number of quaternary nitrogens is 1. The number of hydrogen-bond acceptors (Lipinski definition) is 8. The highest BCUT2D eigenvalue weighted by molar-refractivity contribution is 7.45. The average molecular weight is 1340 g/mol. The van der Waals surface area contributed by atoms with Crippen LogP contribution in [0.5, 0.6) is 0 Å². The molecule has 2 unspecified atom stereocenters. The summed E-state index contributed by atoms with van der Waals surface area (Å²) < 4.78 is 34.4. The summed E-state index contributed by atoms with van der Waals surface area (Å²) in [4.78, 5) is 38.2. The third-order valence-corrected chi connectivity index (χ3v) is 18.9. The molecule has 0 aromatic rings. The van der Waals surface area contributed by atoms with Crippen LogP contribution in [0.3, 0.4) is 0 Å². The van der Waals surface area contributed by atoms with Crippen molar-refractivity contribution in [3.8, 4) is 0 Å². The molecular weight excluding hydrogens is 1180 g/mol. The van der Waals surface area contributed by atoms with Gasteiger partial charge in [0.15, 0.2) is 6.10 Å². The first-order valence-corrected chi connectivity index (χ1v) is 41.8. The summed E-state index contributed by atoms with van der Waals surface area (Å²) >= 11 is 0. The monoisotopic (exact) mass is 1340 g/mol. The average Bonchev–Trinajstić information content (AvgIpc) is 1.56. The minimum Gasteiger partial charge on any atom is -0.756 e. The summed E-state index contributed by atoms with van der Waals surface area (Å²) in [6.07, 6.45) is 103. The highest BCUT2D eigenvalue weighted by atomic mass is 31.2. The molecule has 0 aromatic heterocycles. The van der Waals surface area contributed by atoms with E-state index in [1.165, 1.54) is 283 Å². The smallest absolute Gasteiger partial charge is 0.306 e. The third kappa shape index (κ3) is 78.2. The molecule has 0 amide bonds. The van der Waals surface area contributed by atoms with Crippen LogP contribution in [0.2, 0.25) is 0 Å². The summed E-state index contributed by atoms with van der Waals surface area (Å²) in [5.74, 6) is -0.814. The fraction of sp³-hybridized carbons (Fsp3) is 0.810. The van der Waals surface area contributed by atoms with Crippen molar-refractivity contribution < 1.29 is 42.1 Å². The van der Waals surface area contributed by atoms with Gasteiger partial charge in [0.05, 0.1) is 27.7 Å². The van der Waals surface area contributed by atoms with Crippen molar-refractivity contribution in [3.63, 3.8) is 0 Å². The minimum atomic E-state index is -4.65. The predicted octanol–water partition coefficient (Wildman–Crippen LogP) is 26.2. The van der Waals surface area contributed by atoms with E-state index in [-0.39, 0.29) is 32.0 Å². The van der Waals surface area contributed by atoms with Gasteiger partial charge in [0.2, 0.25) is 0 Å². The van der Waals surface area contributed by atoms with E-state index in [1.54, 1.807) is 0 Å². The Bertz CT molecular complexity index is 1860. The van der Waals surface area contributed by atoms with Crippen molar-refractivity contribution in [2.75, 3.05) is 47.5 Å². The van der Waals surface area contributed by atoms with Crippen LogP contribution in [0.25, 0.3) is 0 Å². The second-order valence-electron chi connectivity index (χ2n) is 28.4. The van der Waals surface area contributed by atoms with Gasteiger partial charge in [-0.2, -0.15) is 0 Å². The van der Waals surface area contributed by atoms with Gasteiger partial charge in [-0.05, 0) is 89.9 Å². The molecule has 0 aliphatic rings. The Hall–Kier alpha value is -2.81. The Morgan fingerprint density at radius 3 is 0.904 bits per heavy atom. The number of carbonyl (C=O) groups is 2. The highest BCUT2D eigenvalue weighted by Crippen LogP contribution is 2.38. The topological polar surface area (TPSA) is 111 Å². The lowest BCUT2D eigenvalue weighted by atomic mass is 10.0. The van der Waals surface area contributed by atoms with Gasteiger partial charge in [0, 0.05) is 12.8 Å². The molecule has 0 saturated heterocycles. The Morgan fingerprint density at radius 1 is 0.340 bits per heavy atom. The summed E-state index contributed by atoms with van der Waals surface area (Å²) in [5.41, 5.74) is 0. The molecule has 2 atom stereocenters. The number of phosphoric acid groups is 1. The molecule has 0 aliphatic carbocycles. The van der Waals surface area contributed by atoms with Crippen LogP contribution in [0.15, 0.2) is 85.1 Å². The van der Waals surface area contributed by atoms with Gasteiger partial charge < -0.3 is 27.9 Å². The van der Waals surface area contributed by atoms with Gasteiger partial charge in [0.1, 0.15) is 19.8 Å². The number of likely N-dealkylation sites (N-methyl/N-ethyl adjacent to an activating group) is 1. The number of unbranched alkanes of at least 4 members (excludes halogenated alkanes) is 47. The summed E-state index contributed by atoms with van der Waals surface area (Å²) in [7, 11) is 1.18. The minimum absolute atomic E-state index is 0.0298. The second-order valence-corrected chi connectivity index (χ2v) is 29.8. The lowest BCUT2D eigenvalue weighted by Gasteiger charge is -2.28. The van der Waals surface area contributed by atoms with Crippen LogP contribution in [-0.2, 0) is 32.7 Å². The summed E-state index contributed by atoms with van der Waals surface area (Å²) in [6.45, 7) is 4.18. The first-order valence-electron chi connectivity index (χ1n) is 40.3. The van der Waals surface area contributed by atoms with Gasteiger partial charge in [-0.15, -0.1) is 0 Å². The van der Waals surface area contributed by atoms with Gasteiger partial charge in [-0.25, -0.2) is 0 Å². The van der Waals surface area contributed by atoms with Crippen LogP contribution in [0.1, 0.15) is 386 Å². The van der Waals surface area contributed by atoms with Crippen LogP contribution < -0.4 is 4.89 Å². The third-order valence-electron chi connectivity index (χ3n) is 17.9. The number of phosphoric ester groups is 1. The molecule has 0 N–H and O–H groups in total. The Morgan fingerprint density at radius 2 is 0.606 bits per heavy atom. The van der Waals surface area contributed by atoms with E-state index in [4.69, 9.17) is 18.5 Å². The van der Waals surface area contributed by atoms with Gasteiger partial charge in [-0.3, -0.25) is 14.2 Å². The Labute approximate surface area is 583 Å². The molecule has 0 heterocycles. The molecule has 0 aromatic carbocycles. The summed E-state index contributed by atoms with van der Waals surface area (Å²) in [6, 6.07) is 0. The van der Waals surface area contributed by atoms with Crippen LogP contribution in [0.4, 0.5) is 0 Å². The van der Waals surface area contributed by atoms with Gasteiger partial charge >= 0.3 is 11.9 Å². The first kappa shape index (κ1) is 91.2. The fourth-order valence-corrected chi connectivity index (χ4v) is 12.5. The van der Waals surface area contributed by atoms with Crippen molar-refractivity contribution in [1.29, 1.82) is 0 Å². The number of nitrogens with zero attached hydrogens (tertiary/aromatic N) is 1. The molecule has 0 aliphatic heterocycles. The van der Waals surface area contributed by atoms with E-state index in [1.807, 2.05) is 21.1 Å². The number of rotatable bonds is 75. The number of esters is 2. The van der Waals surface area contributed by atoms with Crippen LogP contribution in [-0.4, -0.2) is 70.0 Å². The van der Waals surface area contributed by atoms with E-state index >= 15 is 0 Å². The largest absolute Gasteiger partial charge is 0.756 e. The summed E-state index contributed by atoms with van der Waals surface area (Å²) in [5, 5.41) is 0. The lowest BCUT2D eigenvalue weighted by molar-refractivity contribution is -0.870. The SMILES string of the molecule is CC/C=C\C/C=C\C/C=C\C/C=C\CCCCCCCCCCCCCCCCCCCCCCCCCCC(=O)OC(COC(=O)CCCCCCCCCCCCCCCCCCCC/C=C\C/C=C\C/C=C\CCCCCCC)COP(=O)([O-])OCC[N+](C)(C)C. The molecule has 0 fully saturated rings. The zero-order valence-corrected chi connectivity index (χ0v) is 63.6. The van der Waals surface area contributed by atoms with Gasteiger partial charge in [-0.1, -0.05) is 369 Å². The van der Waals surface area contributed by atoms with Gasteiger partial charge in [0.25, 0.3) is 7.82 Å². The normalized spacial score (nSPS) is 13.5. The molecule has 0 radical (unpaired) electrons. The molecule has 94 heavy (non-hydrogen) atoms. The highest BCUT2D eigenvalue weighted by Gasteiger charge is 2.22. The number of hydrogen-bond donors (Lipinski definition) is 0. The van der Waals surface area contributed by atoms with E-state index in [0.717, 1.165) is 70.6 Å².